The van der Waals surface area contributed by atoms with E-state index in [0.717, 1.165) is 6.42 Å². The van der Waals surface area contributed by atoms with Gasteiger partial charge in [-0.15, -0.1) is 34.0 Å². The summed E-state index contributed by atoms with van der Waals surface area (Å²) in [6.07, 6.45) is 1.05. The van der Waals surface area contributed by atoms with E-state index in [1.807, 2.05) is 26.8 Å². The van der Waals surface area contributed by atoms with E-state index in [2.05, 4.69) is 54.6 Å². The predicted octanol–water partition coefficient (Wildman–Crippen LogP) is 4.13. The second-order valence-electron chi connectivity index (χ2n) is 2.96. The second kappa shape index (κ2) is 17.5. The van der Waals surface area contributed by atoms with Gasteiger partial charge in [0.2, 0.25) is 0 Å². The van der Waals surface area contributed by atoms with Crippen LogP contribution < -0.4 is 0 Å². The maximum atomic E-state index is 2.16. The Kier molecular flexibility index (Phi) is 26.1. The molecule has 2 aromatic carbocycles. The van der Waals surface area contributed by atoms with Crippen LogP contribution in [-0.2, 0) is 25.6 Å². The van der Waals surface area contributed by atoms with Crippen molar-refractivity contribution < 1.29 is 19.2 Å². The first-order valence-corrected chi connectivity index (χ1v) is 8.57. The third-order valence-corrected chi connectivity index (χ3v) is 1.98. The van der Waals surface area contributed by atoms with Gasteiger partial charge in [-0.3, -0.25) is 0 Å². The molecule has 0 radical (unpaired) electrons. The predicted molar refractivity (Wildman–Crippen MR) is 93.3 cm³/mol. The van der Waals surface area contributed by atoms with Crippen molar-refractivity contribution in [2.45, 2.75) is 6.42 Å². The number of hydrogen-bond acceptors (Lipinski definition) is 0. The van der Waals surface area contributed by atoms with Crippen molar-refractivity contribution in [3.63, 3.8) is 0 Å². The molecule has 4 heteroatoms. The van der Waals surface area contributed by atoms with Crippen molar-refractivity contribution in [1.82, 2.24) is 0 Å². The van der Waals surface area contributed by atoms with Gasteiger partial charge in [0.1, 0.15) is 0 Å². The van der Waals surface area contributed by atoms with Crippen LogP contribution in [0.2, 0.25) is 0 Å². The van der Waals surface area contributed by atoms with Crippen LogP contribution in [0, 0.1) is 14.9 Å². The molecule has 0 atom stereocenters. The van der Waals surface area contributed by atoms with E-state index in [1.54, 1.807) is 0 Å². The molecule has 18 heavy (non-hydrogen) atoms. The Hall–Kier alpha value is 0.461. The number of benzene rings is 1. The smallest absolute Gasteiger partial charge is 0.0485 e. The Balaban J connectivity index is -0.000000156. The molecule has 0 spiro atoms. The molecule has 0 aliphatic heterocycles. The summed E-state index contributed by atoms with van der Waals surface area (Å²) < 4.78 is 0. The first-order chi connectivity index (χ1) is 6.95. The third-order valence-electron chi connectivity index (χ3n) is 1.98. The van der Waals surface area contributed by atoms with Crippen molar-refractivity contribution in [2.75, 3.05) is 0 Å². The summed E-state index contributed by atoms with van der Waals surface area (Å²) in [4.78, 5) is 0. The summed E-state index contributed by atoms with van der Waals surface area (Å²) in [5.74, 6) is 0. The third kappa shape index (κ3) is 10.4. The fraction of sp³-hybridized carbons (Fsp3) is 0.0714. The standard InChI is InChI=1S/C12H11.2CH3.2BrH.H2Si.Ti/c1-2-6-11(7-3-1)10-12-8-4-5-9-12;;;;;;/h1-9H,10H2;2*1H3;2*1H;1H2;/q3*-1;;;;. The molecule has 2 rings (SSSR count). The summed E-state index contributed by atoms with van der Waals surface area (Å²) in [7, 11) is 1.86. The quantitative estimate of drug-likeness (QED) is 0.502. The topological polar surface area (TPSA) is 0 Å². The van der Waals surface area contributed by atoms with Gasteiger partial charge in [-0.1, -0.05) is 35.9 Å². The fourth-order valence-corrected chi connectivity index (χ4v) is 1.36. The van der Waals surface area contributed by atoms with Crippen LogP contribution in [0.25, 0.3) is 0 Å². The van der Waals surface area contributed by atoms with Crippen molar-refractivity contribution in [1.29, 1.82) is 0 Å². The summed E-state index contributed by atoms with van der Waals surface area (Å²) in [5.41, 5.74) is 2.77. The Labute approximate surface area is 147 Å². The van der Waals surface area contributed by atoms with E-state index in [0.29, 0.717) is 0 Å². The Bertz CT molecular complexity index is 349. The zero-order chi connectivity index (χ0) is 10.2. The Morgan fingerprint density at radius 2 is 1.28 bits per heavy atom. The van der Waals surface area contributed by atoms with Crippen LogP contribution >= 0.6 is 34.0 Å². The van der Waals surface area contributed by atoms with E-state index in [9.17, 15) is 0 Å². The molecule has 0 saturated heterocycles. The van der Waals surface area contributed by atoms with Crippen LogP contribution in [-0.4, -0.2) is 7.63 Å². The molecule has 0 heterocycles. The Morgan fingerprint density at radius 1 is 0.833 bits per heavy atom. The molecule has 0 aromatic heterocycles. The monoisotopic (exact) mass is 423 g/mol. The molecule has 102 valence electrons. The minimum atomic E-state index is 0. The molecule has 0 saturated carbocycles. The van der Waals surface area contributed by atoms with Crippen molar-refractivity contribution in [3.05, 3.63) is 80.6 Å². The van der Waals surface area contributed by atoms with Crippen molar-refractivity contribution in [3.8, 4) is 0 Å². The van der Waals surface area contributed by atoms with E-state index >= 15 is 0 Å². The van der Waals surface area contributed by atoms with Crippen LogP contribution in [0.15, 0.2) is 54.6 Å². The van der Waals surface area contributed by atoms with Crippen molar-refractivity contribution >= 4 is 41.6 Å². The largest absolute Gasteiger partial charge is 0.213 e. The van der Waals surface area contributed by atoms with Crippen LogP contribution in [0.1, 0.15) is 11.1 Å². The number of halogens is 2. The molecular formula is C14H21Br2SiTi-3. The summed E-state index contributed by atoms with van der Waals surface area (Å²) in [6, 6.07) is 19.0. The molecule has 0 fully saturated rings. The van der Waals surface area contributed by atoms with E-state index in [1.165, 1.54) is 11.1 Å². The molecule has 2 aromatic rings. The van der Waals surface area contributed by atoms with Crippen LogP contribution in [0.5, 0.6) is 0 Å². The minimum absolute atomic E-state index is 0. The van der Waals surface area contributed by atoms with Gasteiger partial charge in [-0.05, 0) is 6.42 Å². The fourth-order valence-electron chi connectivity index (χ4n) is 1.36. The molecule has 0 amide bonds. The van der Waals surface area contributed by atoms with Gasteiger partial charge < -0.3 is 14.9 Å². The van der Waals surface area contributed by atoms with E-state index in [-0.39, 0.29) is 48.8 Å². The van der Waals surface area contributed by atoms with Gasteiger partial charge in [0.25, 0.3) is 0 Å². The zero-order valence-electron chi connectivity index (χ0n) is 10.9. The SMILES string of the molecule is Br.Br.[CH3-].[CH3-].[SiH2]=[Ti].c1ccc(C[c-]2cccc2)cc1. The van der Waals surface area contributed by atoms with Gasteiger partial charge in [-0.25, -0.2) is 12.1 Å². The maximum Gasteiger partial charge on any atom is -0.0485 e. The van der Waals surface area contributed by atoms with E-state index < -0.39 is 0 Å². The van der Waals surface area contributed by atoms with Gasteiger partial charge in [0, 0.05) is 0 Å². The first kappa shape index (κ1) is 26.9. The molecule has 0 aliphatic carbocycles. The molecular weight excluding hydrogens is 404 g/mol. The molecule has 0 unspecified atom stereocenters. The van der Waals surface area contributed by atoms with Crippen molar-refractivity contribution in [2.24, 2.45) is 0 Å². The van der Waals surface area contributed by atoms with Gasteiger partial charge >= 0.3 is 26.8 Å². The zero-order valence-corrected chi connectivity index (χ0v) is 17.3. The van der Waals surface area contributed by atoms with Gasteiger partial charge in [-0.2, -0.15) is 17.7 Å². The van der Waals surface area contributed by atoms with Gasteiger partial charge in [0.15, 0.2) is 0 Å². The van der Waals surface area contributed by atoms with E-state index in [4.69, 9.17) is 0 Å². The second-order valence-corrected chi connectivity index (χ2v) is 2.96. The molecule has 0 N–H and O–H groups in total. The minimum Gasteiger partial charge on any atom is -0.213 e. The average Bonchev–Trinajstić information content (AvgIpc) is 2.75. The summed E-state index contributed by atoms with van der Waals surface area (Å²) in [6.45, 7) is 0. The normalized spacial score (nSPS) is 6.83. The van der Waals surface area contributed by atoms with Gasteiger partial charge in [0.05, 0.1) is 0 Å². The number of hydrogen-bond donors (Lipinski definition) is 0. The first-order valence-electron chi connectivity index (χ1n) is 4.55. The molecule has 0 bridgehead atoms. The maximum absolute atomic E-state index is 2.16. The van der Waals surface area contributed by atoms with Crippen LogP contribution in [0.4, 0.5) is 0 Å². The summed E-state index contributed by atoms with van der Waals surface area (Å²) in [5, 5.41) is 0. The molecule has 0 aliphatic rings. The Morgan fingerprint density at radius 3 is 1.72 bits per heavy atom. The summed E-state index contributed by atoms with van der Waals surface area (Å²) >= 11 is 2.03. The number of rotatable bonds is 2. The molecule has 0 nitrogen and oxygen atoms in total. The van der Waals surface area contributed by atoms with Crippen LogP contribution in [0.3, 0.4) is 0 Å². The average molecular weight is 425 g/mol.